The van der Waals surface area contributed by atoms with Crippen molar-refractivity contribution >= 4 is 15.5 Å². The molecule has 1 aromatic carbocycles. The Labute approximate surface area is 121 Å². The maximum absolute atomic E-state index is 12.8. The second-order valence-electron chi connectivity index (χ2n) is 4.98. The van der Waals surface area contributed by atoms with Crippen LogP contribution in [0.1, 0.15) is 19.3 Å². The number of alkyl halides is 3. The van der Waals surface area contributed by atoms with Crippen LogP contribution in [0, 0.1) is 0 Å². The lowest BCUT2D eigenvalue weighted by Gasteiger charge is -2.40. The first kappa shape index (κ1) is 16.1. The van der Waals surface area contributed by atoms with Crippen LogP contribution >= 0.6 is 0 Å². The number of benzene rings is 1. The number of hydrogen-bond donors (Lipinski definition) is 1. The topological polar surface area (TPSA) is 63.4 Å². The zero-order valence-corrected chi connectivity index (χ0v) is 12.1. The molecule has 0 amide bonds. The SMILES string of the molecule is NCCN(c1ccccc1S(=O)(=O)C(F)(F)F)C1CCC1. The largest absolute Gasteiger partial charge is 0.501 e. The fraction of sp³-hybridized carbons (Fsp3) is 0.538. The molecule has 4 nitrogen and oxygen atoms in total. The lowest BCUT2D eigenvalue weighted by molar-refractivity contribution is -0.0435. The van der Waals surface area contributed by atoms with Crippen molar-refractivity contribution in [2.45, 2.75) is 35.7 Å². The molecule has 1 saturated carbocycles. The zero-order chi connectivity index (χ0) is 15.7. The molecule has 0 aromatic heterocycles. The number of anilines is 1. The van der Waals surface area contributed by atoms with Crippen molar-refractivity contribution in [1.29, 1.82) is 0 Å². The van der Waals surface area contributed by atoms with Crippen LogP contribution in [0.3, 0.4) is 0 Å². The van der Waals surface area contributed by atoms with Crippen molar-refractivity contribution in [2.75, 3.05) is 18.0 Å². The van der Waals surface area contributed by atoms with Gasteiger partial charge >= 0.3 is 5.51 Å². The van der Waals surface area contributed by atoms with Crippen LogP contribution in [0.15, 0.2) is 29.2 Å². The van der Waals surface area contributed by atoms with Crippen LogP contribution in [0.2, 0.25) is 0 Å². The summed E-state index contributed by atoms with van der Waals surface area (Å²) in [5.41, 5.74) is 0.294. The fourth-order valence-electron chi connectivity index (χ4n) is 2.38. The molecule has 0 unspecified atom stereocenters. The summed E-state index contributed by atoms with van der Waals surface area (Å²) in [6, 6.07) is 5.29. The summed E-state index contributed by atoms with van der Waals surface area (Å²) < 4.78 is 61.9. The highest BCUT2D eigenvalue weighted by atomic mass is 32.2. The molecule has 2 N–H and O–H groups in total. The number of halogens is 3. The number of sulfone groups is 1. The highest BCUT2D eigenvalue weighted by molar-refractivity contribution is 7.92. The van der Waals surface area contributed by atoms with E-state index in [1.807, 2.05) is 0 Å². The Hall–Kier alpha value is -1.28. The molecule has 0 atom stereocenters. The van der Waals surface area contributed by atoms with Crippen molar-refractivity contribution in [2.24, 2.45) is 5.73 Å². The lowest BCUT2D eigenvalue weighted by Crippen LogP contribution is -2.44. The first-order chi connectivity index (χ1) is 9.79. The van der Waals surface area contributed by atoms with E-state index < -0.39 is 20.2 Å². The van der Waals surface area contributed by atoms with Gasteiger partial charge in [0, 0.05) is 19.1 Å². The standard InChI is InChI=1S/C13H17F3N2O2S/c14-13(15,16)21(19,20)12-7-2-1-6-11(12)18(9-8-17)10-4-3-5-10/h1-2,6-7,10H,3-5,8-9,17H2. The summed E-state index contributed by atoms with van der Waals surface area (Å²) in [5, 5.41) is 0. The minimum Gasteiger partial charge on any atom is -0.366 e. The van der Waals surface area contributed by atoms with E-state index in [-0.39, 0.29) is 18.3 Å². The van der Waals surface area contributed by atoms with E-state index in [9.17, 15) is 21.6 Å². The molecule has 8 heteroatoms. The molecule has 118 valence electrons. The van der Waals surface area contributed by atoms with E-state index in [1.165, 1.54) is 18.2 Å². The summed E-state index contributed by atoms with van der Waals surface area (Å²) in [6.07, 6.45) is 2.65. The maximum atomic E-state index is 12.8. The maximum Gasteiger partial charge on any atom is 0.501 e. The lowest BCUT2D eigenvalue weighted by atomic mass is 9.91. The minimum atomic E-state index is -5.37. The Balaban J connectivity index is 2.49. The number of para-hydroxylation sites is 1. The van der Waals surface area contributed by atoms with Gasteiger partial charge in [0.2, 0.25) is 0 Å². The van der Waals surface area contributed by atoms with Crippen LogP contribution in [-0.2, 0) is 9.84 Å². The van der Waals surface area contributed by atoms with Gasteiger partial charge in [-0.1, -0.05) is 12.1 Å². The van der Waals surface area contributed by atoms with Crippen LogP contribution < -0.4 is 10.6 Å². The Morgan fingerprint density at radius 1 is 1.24 bits per heavy atom. The van der Waals surface area contributed by atoms with Gasteiger partial charge < -0.3 is 10.6 Å². The molecule has 1 aromatic rings. The summed E-state index contributed by atoms with van der Waals surface area (Å²) >= 11 is 0. The van der Waals surface area contributed by atoms with E-state index in [0.717, 1.165) is 25.3 Å². The molecule has 0 aliphatic heterocycles. The van der Waals surface area contributed by atoms with E-state index >= 15 is 0 Å². The minimum absolute atomic E-state index is 0.0538. The molecular weight excluding hydrogens is 305 g/mol. The van der Waals surface area contributed by atoms with Crippen LogP contribution in [0.5, 0.6) is 0 Å². The van der Waals surface area contributed by atoms with Gasteiger partial charge in [0.1, 0.15) is 0 Å². The Morgan fingerprint density at radius 3 is 2.33 bits per heavy atom. The van der Waals surface area contributed by atoms with Gasteiger partial charge in [-0.2, -0.15) is 13.2 Å². The quantitative estimate of drug-likeness (QED) is 0.903. The van der Waals surface area contributed by atoms with Crippen molar-refractivity contribution in [3.63, 3.8) is 0 Å². The third kappa shape index (κ3) is 3.01. The van der Waals surface area contributed by atoms with E-state index in [0.29, 0.717) is 6.54 Å². The Morgan fingerprint density at radius 2 is 1.86 bits per heavy atom. The molecular formula is C13H17F3N2O2S. The van der Waals surface area contributed by atoms with Gasteiger partial charge in [0.25, 0.3) is 9.84 Å². The number of rotatable bonds is 5. The first-order valence-corrected chi connectivity index (χ1v) is 8.14. The molecule has 0 bridgehead atoms. The molecule has 0 radical (unpaired) electrons. The molecule has 0 spiro atoms. The molecule has 1 aliphatic carbocycles. The van der Waals surface area contributed by atoms with Gasteiger partial charge in [0.15, 0.2) is 0 Å². The predicted molar refractivity (Wildman–Crippen MR) is 73.7 cm³/mol. The zero-order valence-electron chi connectivity index (χ0n) is 11.3. The predicted octanol–water partition coefficient (Wildman–Crippen LogP) is 2.30. The summed E-state index contributed by atoms with van der Waals surface area (Å²) in [6.45, 7) is 0.575. The average Bonchev–Trinajstić information content (AvgIpc) is 2.35. The van der Waals surface area contributed by atoms with Gasteiger partial charge in [-0.25, -0.2) is 8.42 Å². The molecule has 1 fully saturated rings. The van der Waals surface area contributed by atoms with Gasteiger partial charge in [-0.3, -0.25) is 0 Å². The smallest absolute Gasteiger partial charge is 0.366 e. The second kappa shape index (κ2) is 5.84. The highest BCUT2D eigenvalue weighted by Gasteiger charge is 2.48. The third-order valence-corrected chi connectivity index (χ3v) is 5.19. The summed E-state index contributed by atoms with van der Waals surface area (Å²) in [5.74, 6) is 0. The molecule has 0 saturated heterocycles. The number of hydrogen-bond acceptors (Lipinski definition) is 4. The number of nitrogens with zero attached hydrogens (tertiary/aromatic N) is 1. The van der Waals surface area contributed by atoms with E-state index in [1.54, 1.807) is 4.90 Å². The van der Waals surface area contributed by atoms with Crippen molar-refractivity contribution in [1.82, 2.24) is 0 Å². The van der Waals surface area contributed by atoms with E-state index in [4.69, 9.17) is 5.73 Å². The molecule has 21 heavy (non-hydrogen) atoms. The van der Waals surface area contributed by atoms with Gasteiger partial charge in [0.05, 0.1) is 10.6 Å². The fourth-order valence-corrected chi connectivity index (χ4v) is 3.35. The third-order valence-electron chi connectivity index (χ3n) is 3.65. The normalized spacial score (nSPS) is 16.6. The highest BCUT2D eigenvalue weighted by Crippen LogP contribution is 2.38. The molecule has 2 rings (SSSR count). The Kier molecular flexibility index (Phi) is 4.48. The van der Waals surface area contributed by atoms with Gasteiger partial charge in [-0.15, -0.1) is 0 Å². The first-order valence-electron chi connectivity index (χ1n) is 6.66. The van der Waals surface area contributed by atoms with Crippen molar-refractivity contribution in [3.8, 4) is 0 Å². The number of nitrogens with two attached hydrogens (primary N) is 1. The van der Waals surface area contributed by atoms with Crippen molar-refractivity contribution < 1.29 is 21.6 Å². The average molecular weight is 322 g/mol. The molecule has 1 aliphatic rings. The van der Waals surface area contributed by atoms with Crippen LogP contribution in [0.25, 0.3) is 0 Å². The molecule has 0 heterocycles. The van der Waals surface area contributed by atoms with Crippen LogP contribution in [-0.4, -0.2) is 33.1 Å². The van der Waals surface area contributed by atoms with Crippen LogP contribution in [0.4, 0.5) is 18.9 Å². The van der Waals surface area contributed by atoms with Gasteiger partial charge in [-0.05, 0) is 31.4 Å². The monoisotopic (exact) mass is 322 g/mol. The van der Waals surface area contributed by atoms with E-state index in [2.05, 4.69) is 0 Å². The Bertz CT molecular complexity index is 598. The summed E-state index contributed by atoms with van der Waals surface area (Å²) in [4.78, 5) is 0.986. The van der Waals surface area contributed by atoms with Crippen molar-refractivity contribution in [3.05, 3.63) is 24.3 Å². The summed E-state index contributed by atoms with van der Waals surface area (Å²) in [7, 11) is -5.37. The second-order valence-corrected chi connectivity index (χ2v) is 6.89.